The maximum absolute atomic E-state index is 12.9. The van der Waals surface area contributed by atoms with Crippen molar-refractivity contribution >= 4 is 10.2 Å². The van der Waals surface area contributed by atoms with E-state index in [1.807, 2.05) is 45.7 Å². The number of aryl methyl sites for hydroxylation is 1. The minimum atomic E-state index is -3.42. The van der Waals surface area contributed by atoms with Gasteiger partial charge < -0.3 is 4.90 Å². The first kappa shape index (κ1) is 18.4. The molecular formula is C15H29N5O2S. The highest BCUT2D eigenvalue weighted by atomic mass is 32.2. The van der Waals surface area contributed by atoms with Crippen molar-refractivity contribution in [3.8, 4) is 0 Å². The van der Waals surface area contributed by atoms with Crippen molar-refractivity contribution in [2.75, 3.05) is 33.7 Å². The lowest BCUT2D eigenvalue weighted by atomic mass is 10.1. The van der Waals surface area contributed by atoms with Gasteiger partial charge in [-0.1, -0.05) is 13.8 Å². The van der Waals surface area contributed by atoms with E-state index in [0.29, 0.717) is 19.6 Å². The lowest BCUT2D eigenvalue weighted by Gasteiger charge is -2.29. The van der Waals surface area contributed by atoms with Crippen molar-refractivity contribution in [1.82, 2.24) is 23.3 Å². The van der Waals surface area contributed by atoms with Crippen molar-refractivity contribution in [3.05, 3.63) is 17.5 Å². The van der Waals surface area contributed by atoms with Gasteiger partial charge in [-0.15, -0.1) is 0 Å². The molecule has 2 heterocycles. The van der Waals surface area contributed by atoms with Gasteiger partial charge in [-0.05, 0) is 33.0 Å². The molecule has 1 aromatic rings. The summed E-state index contributed by atoms with van der Waals surface area (Å²) >= 11 is 0. The molecule has 0 amide bonds. The van der Waals surface area contributed by atoms with E-state index in [4.69, 9.17) is 0 Å². The molecule has 0 N–H and O–H groups in total. The van der Waals surface area contributed by atoms with Crippen molar-refractivity contribution < 1.29 is 8.42 Å². The Morgan fingerprint density at radius 1 is 1.30 bits per heavy atom. The normalized spacial score (nSPS) is 20.0. The second kappa shape index (κ2) is 7.29. The number of nitrogens with zero attached hydrogens (tertiary/aromatic N) is 5. The van der Waals surface area contributed by atoms with Gasteiger partial charge in [0, 0.05) is 33.2 Å². The molecule has 23 heavy (non-hydrogen) atoms. The van der Waals surface area contributed by atoms with Gasteiger partial charge in [-0.25, -0.2) is 0 Å². The molecule has 0 unspecified atom stereocenters. The van der Waals surface area contributed by atoms with Crippen LogP contribution in [0.4, 0.5) is 0 Å². The van der Waals surface area contributed by atoms with E-state index in [-0.39, 0.29) is 6.04 Å². The zero-order valence-electron chi connectivity index (χ0n) is 14.9. The minimum Gasteiger partial charge on any atom is -0.304 e. The maximum Gasteiger partial charge on any atom is 0.282 e. The van der Waals surface area contributed by atoms with Gasteiger partial charge >= 0.3 is 0 Å². The predicted octanol–water partition coefficient (Wildman–Crippen LogP) is 1.21. The Balaban J connectivity index is 2.29. The van der Waals surface area contributed by atoms with Crippen molar-refractivity contribution in [3.63, 3.8) is 0 Å². The Labute approximate surface area is 140 Å². The largest absolute Gasteiger partial charge is 0.304 e. The van der Waals surface area contributed by atoms with Gasteiger partial charge in [0.25, 0.3) is 10.2 Å². The molecule has 0 bridgehead atoms. The molecule has 0 aliphatic carbocycles. The van der Waals surface area contributed by atoms with E-state index in [1.165, 1.54) is 4.31 Å². The summed E-state index contributed by atoms with van der Waals surface area (Å²) in [4.78, 5) is 2.08. The molecule has 132 valence electrons. The number of aromatic nitrogens is 2. The Morgan fingerprint density at radius 2 is 1.96 bits per heavy atom. The zero-order chi connectivity index (χ0) is 17.2. The van der Waals surface area contributed by atoms with Gasteiger partial charge in [0.05, 0.1) is 17.4 Å². The third-order valence-corrected chi connectivity index (χ3v) is 6.55. The summed E-state index contributed by atoms with van der Waals surface area (Å²) in [5, 5.41) is 4.59. The molecule has 1 aromatic heterocycles. The molecule has 1 fully saturated rings. The molecular weight excluding hydrogens is 314 g/mol. The Bertz CT molecular complexity index is 622. The molecule has 0 saturated carbocycles. The second-order valence-corrected chi connectivity index (χ2v) is 8.16. The topological polar surface area (TPSA) is 61.7 Å². The summed E-state index contributed by atoms with van der Waals surface area (Å²) in [6, 6.07) is 1.89. The molecule has 0 spiro atoms. The highest BCUT2D eigenvalue weighted by molar-refractivity contribution is 7.86. The van der Waals surface area contributed by atoms with Crippen LogP contribution in [0.1, 0.15) is 44.1 Å². The Kier molecular flexibility index (Phi) is 5.83. The van der Waals surface area contributed by atoms with Crippen LogP contribution in [-0.2, 0) is 23.8 Å². The van der Waals surface area contributed by atoms with Crippen LogP contribution in [0, 0.1) is 0 Å². The van der Waals surface area contributed by atoms with E-state index in [9.17, 15) is 8.42 Å². The monoisotopic (exact) mass is 343 g/mol. The fraction of sp³-hybridized carbons (Fsp3) is 0.800. The highest BCUT2D eigenvalue weighted by Crippen LogP contribution is 2.34. The molecule has 1 aliphatic heterocycles. The molecule has 0 radical (unpaired) electrons. The van der Waals surface area contributed by atoms with Gasteiger partial charge in [-0.3, -0.25) is 4.68 Å². The molecule has 7 nitrogen and oxygen atoms in total. The maximum atomic E-state index is 12.9. The molecule has 1 atom stereocenters. The summed E-state index contributed by atoms with van der Waals surface area (Å²) in [6.45, 7) is 6.11. The lowest BCUT2D eigenvalue weighted by Crippen LogP contribution is -2.43. The quantitative estimate of drug-likeness (QED) is 0.746. The van der Waals surface area contributed by atoms with E-state index in [0.717, 1.165) is 30.8 Å². The van der Waals surface area contributed by atoms with Crippen LogP contribution in [0.2, 0.25) is 0 Å². The van der Waals surface area contributed by atoms with Crippen molar-refractivity contribution in [2.45, 2.75) is 39.3 Å². The summed E-state index contributed by atoms with van der Waals surface area (Å²) < 4.78 is 30.7. The Morgan fingerprint density at radius 3 is 2.52 bits per heavy atom. The van der Waals surface area contributed by atoms with Crippen LogP contribution in [0.5, 0.6) is 0 Å². The third kappa shape index (κ3) is 3.76. The lowest BCUT2D eigenvalue weighted by molar-refractivity contribution is 0.334. The molecule has 0 aromatic carbocycles. The Hall–Kier alpha value is -0.960. The average molecular weight is 343 g/mol. The van der Waals surface area contributed by atoms with Crippen LogP contribution < -0.4 is 0 Å². The standard InChI is InChI=1S/C15H29N5O2S/c1-6-19(7-2)23(21,22)20-10-8-9-15(20)14-11-13(12-17(3)4)18(5)16-14/h11,15H,6-10,12H2,1-5H3/t15-/m0/s1. The van der Waals surface area contributed by atoms with E-state index in [1.54, 1.807) is 4.31 Å². The highest BCUT2D eigenvalue weighted by Gasteiger charge is 2.39. The fourth-order valence-corrected chi connectivity index (χ4v) is 5.02. The van der Waals surface area contributed by atoms with Gasteiger partial charge in [0.15, 0.2) is 0 Å². The predicted molar refractivity (Wildman–Crippen MR) is 91.1 cm³/mol. The smallest absolute Gasteiger partial charge is 0.282 e. The fourth-order valence-electron chi connectivity index (χ4n) is 3.18. The summed E-state index contributed by atoms with van der Waals surface area (Å²) in [5.74, 6) is 0. The van der Waals surface area contributed by atoms with E-state index >= 15 is 0 Å². The van der Waals surface area contributed by atoms with Gasteiger partial charge in [0.1, 0.15) is 0 Å². The van der Waals surface area contributed by atoms with Crippen molar-refractivity contribution in [1.29, 1.82) is 0 Å². The number of hydrogen-bond donors (Lipinski definition) is 0. The van der Waals surface area contributed by atoms with E-state index in [2.05, 4.69) is 10.00 Å². The van der Waals surface area contributed by atoms with Crippen LogP contribution in [-0.4, -0.2) is 65.4 Å². The van der Waals surface area contributed by atoms with Gasteiger partial charge in [0.2, 0.25) is 0 Å². The van der Waals surface area contributed by atoms with Gasteiger partial charge in [-0.2, -0.15) is 22.1 Å². The minimum absolute atomic E-state index is 0.150. The van der Waals surface area contributed by atoms with Crippen LogP contribution >= 0.6 is 0 Å². The zero-order valence-corrected chi connectivity index (χ0v) is 15.7. The average Bonchev–Trinajstić information content (AvgIpc) is 3.07. The molecule has 2 rings (SSSR count). The second-order valence-electron chi connectivity index (χ2n) is 6.28. The first-order chi connectivity index (χ1) is 10.8. The first-order valence-electron chi connectivity index (χ1n) is 8.25. The van der Waals surface area contributed by atoms with Crippen LogP contribution in [0.3, 0.4) is 0 Å². The first-order valence-corrected chi connectivity index (χ1v) is 9.65. The SMILES string of the molecule is CCN(CC)S(=O)(=O)N1CCC[C@H]1c1cc(CN(C)C)n(C)n1. The molecule has 1 saturated heterocycles. The molecule has 1 aliphatic rings. The van der Waals surface area contributed by atoms with Crippen LogP contribution in [0.25, 0.3) is 0 Å². The number of rotatable bonds is 7. The van der Waals surface area contributed by atoms with Crippen LogP contribution in [0.15, 0.2) is 6.07 Å². The van der Waals surface area contributed by atoms with Crippen molar-refractivity contribution in [2.24, 2.45) is 7.05 Å². The third-order valence-electron chi connectivity index (χ3n) is 4.35. The summed E-state index contributed by atoms with van der Waals surface area (Å²) in [5.41, 5.74) is 1.95. The van der Waals surface area contributed by atoms with E-state index < -0.39 is 10.2 Å². The summed E-state index contributed by atoms with van der Waals surface area (Å²) in [7, 11) is 2.53. The molecule has 8 heteroatoms. The number of hydrogen-bond acceptors (Lipinski definition) is 4. The summed E-state index contributed by atoms with van der Waals surface area (Å²) in [6.07, 6.45) is 1.71.